The van der Waals surface area contributed by atoms with Gasteiger partial charge in [0.2, 0.25) is 5.88 Å². The minimum atomic E-state index is -0.533. The number of aromatic hydroxyl groups is 1. The van der Waals surface area contributed by atoms with E-state index >= 15 is 0 Å². The number of terminal acetylenes is 1. The van der Waals surface area contributed by atoms with E-state index in [1.54, 1.807) is 6.21 Å². The number of oxime groups is 1. The molecule has 1 N–H and O–H groups in total. The fraction of sp³-hybridized carbons (Fsp3) is 0.550. The molecule has 8 heteroatoms. The maximum absolute atomic E-state index is 12.5. The Morgan fingerprint density at radius 3 is 2.86 bits per heavy atom. The molecule has 1 aromatic heterocycles. The van der Waals surface area contributed by atoms with Crippen LogP contribution in [0.15, 0.2) is 27.8 Å². The molecule has 0 saturated heterocycles. The minimum absolute atomic E-state index is 0.00557. The van der Waals surface area contributed by atoms with E-state index in [2.05, 4.69) is 11.1 Å². The molecule has 1 aliphatic rings. The summed E-state index contributed by atoms with van der Waals surface area (Å²) in [6.45, 7) is 8.06. The van der Waals surface area contributed by atoms with Crippen molar-refractivity contribution in [3.8, 4) is 18.2 Å². The lowest BCUT2D eigenvalue weighted by Crippen LogP contribution is -2.26. The largest absolute Gasteiger partial charge is 0.493 e. The van der Waals surface area contributed by atoms with Crippen LogP contribution < -0.4 is 5.69 Å². The summed E-state index contributed by atoms with van der Waals surface area (Å²) in [6, 6.07) is 0. The minimum Gasteiger partial charge on any atom is -0.493 e. The van der Waals surface area contributed by atoms with Crippen molar-refractivity contribution in [2.24, 2.45) is 22.4 Å². The number of aromatic nitrogens is 2. The van der Waals surface area contributed by atoms with Gasteiger partial charge in [-0.2, -0.15) is 0 Å². The van der Waals surface area contributed by atoms with Gasteiger partial charge in [0.15, 0.2) is 6.73 Å². The third kappa shape index (κ3) is 4.66. The number of ether oxygens (including phenoxy) is 1. The van der Waals surface area contributed by atoms with Crippen molar-refractivity contribution in [2.45, 2.75) is 47.4 Å². The van der Waals surface area contributed by atoms with Crippen LogP contribution in [-0.4, -0.2) is 33.0 Å². The van der Waals surface area contributed by atoms with Crippen molar-refractivity contribution < 1.29 is 19.5 Å². The van der Waals surface area contributed by atoms with Gasteiger partial charge in [0.1, 0.15) is 6.61 Å². The van der Waals surface area contributed by atoms with Crippen molar-refractivity contribution >= 4 is 12.2 Å². The molecule has 152 valence electrons. The summed E-state index contributed by atoms with van der Waals surface area (Å²) in [4.78, 5) is 29.7. The lowest BCUT2D eigenvalue weighted by Gasteiger charge is -2.06. The summed E-state index contributed by atoms with van der Waals surface area (Å²) < 4.78 is 7.40. The van der Waals surface area contributed by atoms with Crippen LogP contribution in [0.3, 0.4) is 0 Å². The Kier molecular flexibility index (Phi) is 6.73. The summed E-state index contributed by atoms with van der Waals surface area (Å²) in [5.74, 6) is 1.25. The summed E-state index contributed by atoms with van der Waals surface area (Å²) in [7, 11) is 0. The highest BCUT2D eigenvalue weighted by atomic mass is 16.6. The van der Waals surface area contributed by atoms with E-state index in [0.717, 1.165) is 16.6 Å². The van der Waals surface area contributed by atoms with Gasteiger partial charge in [0.25, 0.3) is 0 Å². The topological polar surface area (TPSA) is 95.1 Å². The fourth-order valence-corrected chi connectivity index (χ4v) is 3.10. The summed E-state index contributed by atoms with van der Waals surface area (Å²) in [5, 5.41) is 13.7. The van der Waals surface area contributed by atoms with Gasteiger partial charge in [-0.3, -0.25) is 9.36 Å². The maximum atomic E-state index is 12.5. The van der Waals surface area contributed by atoms with Crippen LogP contribution in [0.1, 0.15) is 34.1 Å². The molecule has 0 bridgehead atoms. The second-order valence-corrected chi connectivity index (χ2v) is 7.43. The average molecular weight is 389 g/mol. The van der Waals surface area contributed by atoms with Crippen LogP contribution in [-0.2, 0) is 27.6 Å². The van der Waals surface area contributed by atoms with Gasteiger partial charge in [0.05, 0.1) is 24.9 Å². The van der Waals surface area contributed by atoms with Crippen molar-refractivity contribution in [2.75, 3.05) is 6.61 Å². The van der Waals surface area contributed by atoms with E-state index in [0.29, 0.717) is 6.61 Å². The van der Waals surface area contributed by atoms with E-state index in [1.807, 2.05) is 33.8 Å². The third-order valence-electron chi connectivity index (χ3n) is 4.86. The zero-order valence-electron chi connectivity index (χ0n) is 16.7. The van der Waals surface area contributed by atoms with E-state index in [4.69, 9.17) is 16.0 Å². The van der Waals surface area contributed by atoms with Crippen LogP contribution in [0.5, 0.6) is 5.88 Å². The van der Waals surface area contributed by atoms with Crippen LogP contribution in [0.4, 0.5) is 0 Å². The number of nitrogens with zero attached hydrogens (tertiary/aromatic N) is 3. The second kappa shape index (κ2) is 8.83. The second-order valence-electron chi connectivity index (χ2n) is 7.43. The zero-order chi connectivity index (χ0) is 20.9. The maximum Gasteiger partial charge on any atom is 0.334 e. The molecule has 1 heterocycles. The van der Waals surface area contributed by atoms with Crippen LogP contribution in [0.25, 0.3) is 0 Å². The van der Waals surface area contributed by atoms with Gasteiger partial charge in [-0.15, -0.1) is 6.42 Å². The Balaban J connectivity index is 1.99. The standard InChI is InChI=1S/C20H27N3O5/c1-6-8-22-12-16(24)23(19(22)26)13-27-18(25)17-15(20(17,4)5)10-14(3)11-21-28-9-7-2/h1,10-12,15,17,24H,7-9,13H2,2-5H3/t15-,17+/m1/s1. The highest BCUT2D eigenvalue weighted by Crippen LogP contribution is 2.59. The molecule has 1 saturated carbocycles. The number of carbonyl (C=O) groups excluding carboxylic acids is 1. The average Bonchev–Trinajstić information content (AvgIpc) is 3.05. The monoisotopic (exact) mass is 389 g/mol. The summed E-state index contributed by atoms with van der Waals surface area (Å²) in [5.41, 5.74) is 0.0948. The number of imidazole rings is 1. The Morgan fingerprint density at radius 2 is 2.21 bits per heavy atom. The molecule has 0 aliphatic heterocycles. The van der Waals surface area contributed by atoms with Crippen LogP contribution >= 0.6 is 0 Å². The van der Waals surface area contributed by atoms with Gasteiger partial charge >= 0.3 is 11.7 Å². The zero-order valence-corrected chi connectivity index (χ0v) is 16.7. The molecule has 0 unspecified atom stereocenters. The van der Waals surface area contributed by atoms with Gasteiger partial charge in [0, 0.05) is 0 Å². The Labute approximate surface area is 164 Å². The SMILES string of the molecule is C#CCn1cc(O)n(COC(=O)[C@@H]2[C@@H](C=C(C)C=NOCCC)C2(C)C)c1=O. The summed E-state index contributed by atoms with van der Waals surface area (Å²) >= 11 is 0. The number of hydrogen-bond acceptors (Lipinski definition) is 6. The lowest BCUT2D eigenvalue weighted by molar-refractivity contribution is -0.150. The molecular formula is C20H27N3O5. The Morgan fingerprint density at radius 1 is 1.50 bits per heavy atom. The molecule has 0 spiro atoms. The smallest absolute Gasteiger partial charge is 0.334 e. The molecule has 1 aromatic rings. The first-order valence-corrected chi connectivity index (χ1v) is 9.16. The Bertz CT molecular complexity index is 869. The van der Waals surface area contributed by atoms with Gasteiger partial charge in [-0.1, -0.05) is 37.9 Å². The normalized spacial score (nSPS) is 20.8. The van der Waals surface area contributed by atoms with E-state index < -0.39 is 11.7 Å². The van der Waals surface area contributed by atoms with E-state index in [9.17, 15) is 14.7 Å². The van der Waals surface area contributed by atoms with Gasteiger partial charge in [-0.25, -0.2) is 9.36 Å². The molecule has 1 fully saturated rings. The van der Waals surface area contributed by atoms with Crippen molar-refractivity contribution in [3.63, 3.8) is 0 Å². The quantitative estimate of drug-likeness (QED) is 0.229. The molecule has 2 rings (SSSR count). The highest BCUT2D eigenvalue weighted by molar-refractivity contribution is 5.81. The summed E-state index contributed by atoms with van der Waals surface area (Å²) in [6.07, 6.45) is 10.9. The van der Waals surface area contributed by atoms with E-state index in [1.165, 1.54) is 10.8 Å². The molecule has 0 aromatic carbocycles. The number of allylic oxidation sites excluding steroid dienone is 2. The first-order valence-electron chi connectivity index (χ1n) is 9.16. The molecule has 1 aliphatic carbocycles. The van der Waals surface area contributed by atoms with Crippen molar-refractivity contribution in [1.29, 1.82) is 0 Å². The first-order chi connectivity index (χ1) is 13.2. The van der Waals surface area contributed by atoms with Crippen LogP contribution in [0, 0.1) is 29.6 Å². The molecule has 0 amide bonds. The predicted octanol–water partition coefficient (Wildman–Crippen LogP) is 2.12. The molecular weight excluding hydrogens is 362 g/mol. The van der Waals surface area contributed by atoms with Gasteiger partial charge < -0.3 is 14.7 Å². The number of hydrogen-bond donors (Lipinski definition) is 1. The number of esters is 1. The number of carbonyl (C=O) groups is 1. The molecule has 2 atom stereocenters. The van der Waals surface area contributed by atoms with E-state index in [-0.39, 0.29) is 36.4 Å². The molecule has 8 nitrogen and oxygen atoms in total. The van der Waals surface area contributed by atoms with Crippen LogP contribution in [0.2, 0.25) is 0 Å². The van der Waals surface area contributed by atoms with Crippen molar-refractivity contribution in [1.82, 2.24) is 9.13 Å². The predicted molar refractivity (Wildman–Crippen MR) is 105 cm³/mol. The lowest BCUT2D eigenvalue weighted by atomic mass is 10.1. The molecule has 0 radical (unpaired) electrons. The third-order valence-corrected chi connectivity index (χ3v) is 4.86. The molecule has 28 heavy (non-hydrogen) atoms. The fourth-order valence-electron chi connectivity index (χ4n) is 3.10. The Hall–Kier alpha value is -2.95. The highest BCUT2D eigenvalue weighted by Gasteiger charge is 2.61. The van der Waals surface area contributed by atoms with Crippen molar-refractivity contribution in [3.05, 3.63) is 28.3 Å². The number of rotatable bonds is 9. The van der Waals surface area contributed by atoms with Gasteiger partial charge in [-0.05, 0) is 30.3 Å². The first kappa shape index (κ1) is 21.4.